The van der Waals surface area contributed by atoms with Crippen molar-refractivity contribution in [3.8, 4) is 11.3 Å². The van der Waals surface area contributed by atoms with Crippen LogP contribution < -0.4 is 5.32 Å². The summed E-state index contributed by atoms with van der Waals surface area (Å²) in [6.45, 7) is 2.01. The molecule has 1 aliphatic carbocycles. The average molecular weight is 400 g/mol. The van der Waals surface area contributed by atoms with Crippen molar-refractivity contribution in [2.75, 3.05) is 13.1 Å². The second-order valence-electron chi connectivity index (χ2n) is 7.99. The molecule has 1 N–H and O–H groups in total. The molecule has 0 spiro atoms. The van der Waals surface area contributed by atoms with Gasteiger partial charge in [-0.1, -0.05) is 19.3 Å². The summed E-state index contributed by atoms with van der Waals surface area (Å²) in [7, 11) is 0. The number of amides is 1. The normalized spacial score (nSPS) is 19.2. The van der Waals surface area contributed by atoms with E-state index in [1.807, 2.05) is 0 Å². The number of nitrogens with one attached hydrogen (secondary N) is 1. The van der Waals surface area contributed by atoms with Gasteiger partial charge in [0.15, 0.2) is 0 Å². The molecule has 0 bridgehead atoms. The fourth-order valence-electron chi connectivity index (χ4n) is 4.44. The summed E-state index contributed by atoms with van der Waals surface area (Å²) in [5.41, 5.74) is 0.590. The van der Waals surface area contributed by atoms with E-state index in [1.54, 1.807) is 0 Å². The van der Waals surface area contributed by atoms with Gasteiger partial charge in [-0.2, -0.15) is 0 Å². The fourth-order valence-corrected chi connectivity index (χ4v) is 4.44. The smallest absolute Gasteiger partial charge is 0.270 e. The minimum Gasteiger partial charge on any atom is -0.348 e. The largest absolute Gasteiger partial charge is 0.348 e. The maximum Gasteiger partial charge on any atom is 0.270 e. The molecule has 1 aromatic carbocycles. The number of hydrogen-bond donors (Lipinski definition) is 1. The molecule has 1 amide bonds. The van der Waals surface area contributed by atoms with Crippen molar-refractivity contribution in [1.29, 1.82) is 0 Å². The first-order valence-electron chi connectivity index (χ1n) is 10.4. The summed E-state index contributed by atoms with van der Waals surface area (Å²) in [4.78, 5) is 23.3. The lowest BCUT2D eigenvalue weighted by molar-refractivity contribution is 0.0860. The van der Waals surface area contributed by atoms with Gasteiger partial charge in [-0.15, -0.1) is 0 Å². The zero-order valence-corrected chi connectivity index (χ0v) is 16.4. The summed E-state index contributed by atoms with van der Waals surface area (Å²) < 4.78 is 27.2. The van der Waals surface area contributed by atoms with E-state index in [0.717, 1.165) is 32.0 Å². The Labute approximate surface area is 169 Å². The van der Waals surface area contributed by atoms with Crippen LogP contribution in [0.3, 0.4) is 0 Å². The molecule has 2 aliphatic rings. The van der Waals surface area contributed by atoms with Crippen LogP contribution in [0.2, 0.25) is 0 Å². The topological polar surface area (TPSA) is 58.1 Å². The highest BCUT2D eigenvalue weighted by atomic mass is 19.1. The second kappa shape index (κ2) is 8.95. The highest BCUT2D eigenvalue weighted by Gasteiger charge is 2.27. The van der Waals surface area contributed by atoms with E-state index in [1.165, 1.54) is 56.6 Å². The predicted molar refractivity (Wildman–Crippen MR) is 106 cm³/mol. The van der Waals surface area contributed by atoms with E-state index < -0.39 is 11.6 Å². The number of halogens is 2. The van der Waals surface area contributed by atoms with Crippen molar-refractivity contribution < 1.29 is 13.6 Å². The molecule has 154 valence electrons. The molecule has 2 aromatic rings. The minimum atomic E-state index is -0.717. The van der Waals surface area contributed by atoms with Crippen molar-refractivity contribution >= 4 is 5.91 Å². The van der Waals surface area contributed by atoms with Crippen LogP contribution in [0.1, 0.15) is 55.4 Å². The zero-order chi connectivity index (χ0) is 20.2. The number of nitrogens with zero attached hydrogens (tertiary/aromatic N) is 3. The third-order valence-corrected chi connectivity index (χ3v) is 6.06. The third-order valence-electron chi connectivity index (χ3n) is 6.06. The zero-order valence-electron chi connectivity index (χ0n) is 16.4. The summed E-state index contributed by atoms with van der Waals surface area (Å²) in [6.07, 6.45) is 9.67. The third kappa shape index (κ3) is 4.78. The predicted octanol–water partition coefficient (Wildman–Crippen LogP) is 3.95. The van der Waals surface area contributed by atoms with Crippen LogP contribution in [0.25, 0.3) is 11.3 Å². The van der Waals surface area contributed by atoms with Crippen molar-refractivity contribution in [2.45, 2.75) is 57.0 Å². The Hall–Kier alpha value is -2.41. The number of carbonyl (C=O) groups is 1. The molecule has 1 aromatic heterocycles. The van der Waals surface area contributed by atoms with Crippen LogP contribution in [0.15, 0.2) is 30.6 Å². The van der Waals surface area contributed by atoms with E-state index in [-0.39, 0.29) is 28.9 Å². The van der Waals surface area contributed by atoms with Gasteiger partial charge >= 0.3 is 0 Å². The molecule has 0 unspecified atom stereocenters. The molecule has 5 nitrogen and oxygen atoms in total. The Morgan fingerprint density at radius 3 is 2.48 bits per heavy atom. The molecule has 2 heterocycles. The molecule has 0 radical (unpaired) electrons. The number of carbonyl (C=O) groups excluding carboxylic acids is 1. The fraction of sp³-hybridized carbons (Fsp3) is 0.500. The van der Waals surface area contributed by atoms with Crippen LogP contribution >= 0.6 is 0 Å². The molecule has 4 rings (SSSR count). The van der Waals surface area contributed by atoms with Crippen molar-refractivity contribution in [2.24, 2.45) is 0 Å². The van der Waals surface area contributed by atoms with Crippen LogP contribution in [-0.4, -0.2) is 45.9 Å². The van der Waals surface area contributed by atoms with Gasteiger partial charge in [0.2, 0.25) is 0 Å². The van der Waals surface area contributed by atoms with Crippen LogP contribution in [0.4, 0.5) is 8.78 Å². The Bertz CT molecular complexity index is 862. The molecular formula is C22H26F2N4O. The molecule has 1 aliphatic heterocycles. The Kier molecular flexibility index (Phi) is 6.13. The van der Waals surface area contributed by atoms with E-state index in [9.17, 15) is 13.6 Å². The molecular weight excluding hydrogens is 374 g/mol. The highest BCUT2D eigenvalue weighted by molar-refractivity contribution is 5.93. The van der Waals surface area contributed by atoms with Gasteiger partial charge in [-0.05, 0) is 43.9 Å². The van der Waals surface area contributed by atoms with Gasteiger partial charge in [-0.3, -0.25) is 4.79 Å². The standard InChI is InChI=1S/C22H26F2N4O/c23-15-6-7-18(19(24)12-15)20-13-21(26-14-25-20)22(29)27-16-8-10-28(11-9-16)17-4-2-1-3-5-17/h6-7,12-14,16-17H,1-5,8-11H2,(H,27,29). The number of rotatable bonds is 4. The molecule has 2 fully saturated rings. The van der Waals surface area contributed by atoms with Gasteiger partial charge in [0.25, 0.3) is 5.91 Å². The lowest BCUT2D eigenvalue weighted by Crippen LogP contribution is -2.48. The number of piperidine rings is 1. The highest BCUT2D eigenvalue weighted by Crippen LogP contribution is 2.26. The number of likely N-dealkylation sites (tertiary alicyclic amines) is 1. The Morgan fingerprint density at radius 2 is 1.76 bits per heavy atom. The second-order valence-corrected chi connectivity index (χ2v) is 7.99. The summed E-state index contributed by atoms with van der Waals surface area (Å²) in [5, 5.41) is 3.05. The van der Waals surface area contributed by atoms with E-state index in [2.05, 4.69) is 20.2 Å². The van der Waals surface area contributed by atoms with Crippen LogP contribution in [0, 0.1) is 11.6 Å². The molecule has 29 heavy (non-hydrogen) atoms. The Morgan fingerprint density at radius 1 is 1.00 bits per heavy atom. The van der Waals surface area contributed by atoms with Gasteiger partial charge in [0.1, 0.15) is 23.7 Å². The minimum absolute atomic E-state index is 0.114. The molecule has 1 saturated carbocycles. The number of aromatic nitrogens is 2. The van der Waals surface area contributed by atoms with E-state index in [4.69, 9.17) is 0 Å². The Balaban J connectivity index is 1.37. The van der Waals surface area contributed by atoms with Gasteiger partial charge in [-0.25, -0.2) is 18.7 Å². The quantitative estimate of drug-likeness (QED) is 0.844. The monoisotopic (exact) mass is 400 g/mol. The SMILES string of the molecule is O=C(NC1CCN(C2CCCCC2)CC1)c1cc(-c2ccc(F)cc2F)ncn1. The van der Waals surface area contributed by atoms with Gasteiger partial charge in [0.05, 0.1) is 5.69 Å². The maximum absolute atomic E-state index is 14.0. The van der Waals surface area contributed by atoms with E-state index >= 15 is 0 Å². The van der Waals surface area contributed by atoms with Crippen LogP contribution in [0.5, 0.6) is 0 Å². The lowest BCUT2D eigenvalue weighted by atomic mass is 9.92. The molecule has 0 atom stereocenters. The number of hydrogen-bond acceptors (Lipinski definition) is 4. The summed E-state index contributed by atoms with van der Waals surface area (Å²) in [5.74, 6) is -1.66. The van der Waals surface area contributed by atoms with Crippen LogP contribution in [-0.2, 0) is 0 Å². The van der Waals surface area contributed by atoms with Crippen molar-refractivity contribution in [3.63, 3.8) is 0 Å². The van der Waals surface area contributed by atoms with Gasteiger partial charge < -0.3 is 10.2 Å². The molecule has 7 heteroatoms. The van der Waals surface area contributed by atoms with Crippen molar-refractivity contribution in [1.82, 2.24) is 20.2 Å². The first-order chi connectivity index (χ1) is 14.1. The maximum atomic E-state index is 14.0. The number of benzene rings is 1. The lowest BCUT2D eigenvalue weighted by Gasteiger charge is -2.39. The first-order valence-corrected chi connectivity index (χ1v) is 10.4. The average Bonchev–Trinajstić information content (AvgIpc) is 2.75. The van der Waals surface area contributed by atoms with E-state index in [0.29, 0.717) is 6.04 Å². The summed E-state index contributed by atoms with van der Waals surface area (Å²) >= 11 is 0. The first kappa shape index (κ1) is 19.9. The molecule has 1 saturated heterocycles. The van der Waals surface area contributed by atoms with Crippen molar-refractivity contribution in [3.05, 3.63) is 47.9 Å². The summed E-state index contributed by atoms with van der Waals surface area (Å²) in [6, 6.07) is 5.55. The van der Waals surface area contributed by atoms with Gasteiger partial charge in [0, 0.05) is 36.8 Å².